The van der Waals surface area contributed by atoms with Gasteiger partial charge in [-0.1, -0.05) is 25.4 Å². The van der Waals surface area contributed by atoms with Crippen molar-refractivity contribution >= 4 is 17.4 Å². The van der Waals surface area contributed by atoms with E-state index in [1.165, 1.54) is 0 Å². The van der Waals surface area contributed by atoms with Crippen LogP contribution in [-0.4, -0.2) is 26.3 Å². The van der Waals surface area contributed by atoms with Crippen LogP contribution in [0.2, 0.25) is 5.15 Å². The van der Waals surface area contributed by atoms with Crippen LogP contribution in [0.4, 0.5) is 5.82 Å². The summed E-state index contributed by atoms with van der Waals surface area (Å²) in [5.74, 6) is 1.81. The number of aromatic nitrogens is 4. The molecule has 5 nitrogen and oxygen atoms in total. The van der Waals surface area contributed by atoms with E-state index in [-0.39, 0.29) is 5.92 Å². The number of halogens is 1. The van der Waals surface area contributed by atoms with E-state index in [9.17, 15) is 0 Å². The van der Waals surface area contributed by atoms with Crippen molar-refractivity contribution < 1.29 is 0 Å². The van der Waals surface area contributed by atoms with Gasteiger partial charge in [0.05, 0.1) is 0 Å². The summed E-state index contributed by atoms with van der Waals surface area (Å²) in [7, 11) is 0. The molecule has 0 fully saturated rings. The molecule has 1 N–H and O–H groups in total. The number of nitrogens with zero attached hydrogens (tertiary/aromatic N) is 4. The van der Waals surface area contributed by atoms with Gasteiger partial charge in [0.2, 0.25) is 0 Å². The smallest absolute Gasteiger partial charge is 0.135 e. The van der Waals surface area contributed by atoms with Crippen LogP contribution in [0.25, 0.3) is 0 Å². The van der Waals surface area contributed by atoms with Crippen LogP contribution in [0.5, 0.6) is 0 Å². The van der Waals surface area contributed by atoms with Crippen molar-refractivity contribution in [2.75, 3.05) is 11.9 Å². The molecule has 0 saturated carbocycles. The van der Waals surface area contributed by atoms with Crippen molar-refractivity contribution in [3.63, 3.8) is 0 Å². The Morgan fingerprint density at radius 3 is 2.89 bits per heavy atom. The zero-order chi connectivity index (χ0) is 13.7. The van der Waals surface area contributed by atoms with Crippen LogP contribution < -0.4 is 5.32 Å². The first-order chi connectivity index (χ1) is 9.15. The summed E-state index contributed by atoms with van der Waals surface area (Å²) < 4.78 is 1.91. The Labute approximate surface area is 118 Å². The highest BCUT2D eigenvalue weighted by Gasteiger charge is 2.06. The molecule has 0 atom stereocenters. The maximum absolute atomic E-state index is 5.98. The largest absolute Gasteiger partial charge is 0.370 e. The second-order valence-electron chi connectivity index (χ2n) is 4.64. The van der Waals surface area contributed by atoms with E-state index in [0.717, 1.165) is 31.2 Å². The number of aryl methyl sites for hydroxylation is 1. The number of nitrogens with one attached hydrogen (secondary N) is 1. The molecule has 0 saturated heterocycles. The second-order valence-corrected chi connectivity index (χ2v) is 5.03. The van der Waals surface area contributed by atoms with Crippen molar-refractivity contribution in [3.05, 3.63) is 35.5 Å². The lowest BCUT2D eigenvalue weighted by Gasteiger charge is -2.09. The quantitative estimate of drug-likeness (QED) is 0.652. The number of rotatable bonds is 6. The third kappa shape index (κ3) is 4.21. The fourth-order valence-electron chi connectivity index (χ4n) is 1.67. The highest BCUT2D eigenvalue weighted by molar-refractivity contribution is 6.29. The Hall–Kier alpha value is -1.62. The lowest BCUT2D eigenvalue weighted by molar-refractivity contribution is 0.591. The third-order valence-electron chi connectivity index (χ3n) is 2.66. The van der Waals surface area contributed by atoms with Gasteiger partial charge >= 0.3 is 0 Å². The maximum atomic E-state index is 5.98. The van der Waals surface area contributed by atoms with Crippen LogP contribution in [0.1, 0.15) is 32.0 Å². The van der Waals surface area contributed by atoms with E-state index in [1.54, 1.807) is 12.3 Å². The molecule has 0 aliphatic rings. The molecule has 0 spiro atoms. The highest BCUT2D eigenvalue weighted by atomic mass is 35.5. The summed E-state index contributed by atoms with van der Waals surface area (Å²) in [6, 6.07) is 3.67. The summed E-state index contributed by atoms with van der Waals surface area (Å²) >= 11 is 5.98. The summed E-state index contributed by atoms with van der Waals surface area (Å²) in [4.78, 5) is 8.64. The minimum atomic E-state index is 0.267. The minimum Gasteiger partial charge on any atom is -0.370 e. The van der Waals surface area contributed by atoms with Gasteiger partial charge in [-0.15, -0.1) is 0 Å². The van der Waals surface area contributed by atoms with Crippen LogP contribution >= 0.6 is 11.6 Å². The first-order valence-corrected chi connectivity index (χ1v) is 6.78. The minimum absolute atomic E-state index is 0.267. The van der Waals surface area contributed by atoms with Gasteiger partial charge < -0.3 is 5.32 Å². The van der Waals surface area contributed by atoms with Crippen LogP contribution in [0, 0.1) is 0 Å². The predicted molar refractivity (Wildman–Crippen MR) is 76.5 cm³/mol. The van der Waals surface area contributed by atoms with Gasteiger partial charge in [0.15, 0.2) is 0 Å². The third-order valence-corrected chi connectivity index (χ3v) is 2.85. The Morgan fingerprint density at radius 2 is 2.21 bits per heavy atom. The molecule has 2 rings (SSSR count). The normalized spacial score (nSPS) is 10.9. The zero-order valence-electron chi connectivity index (χ0n) is 11.2. The summed E-state index contributed by atoms with van der Waals surface area (Å²) in [6.45, 7) is 5.81. The molecule has 6 heteroatoms. The van der Waals surface area contributed by atoms with Crippen LogP contribution in [0.3, 0.4) is 0 Å². The van der Waals surface area contributed by atoms with Crippen molar-refractivity contribution in [1.82, 2.24) is 19.7 Å². The Balaban J connectivity index is 1.85. The molecule has 2 aromatic heterocycles. The summed E-state index contributed by atoms with van der Waals surface area (Å²) in [5, 5.41) is 7.90. The number of hydrogen-bond acceptors (Lipinski definition) is 4. The second kappa shape index (κ2) is 6.52. The zero-order valence-corrected chi connectivity index (χ0v) is 11.9. The Bertz CT molecular complexity index is 510. The van der Waals surface area contributed by atoms with Gasteiger partial charge in [-0.05, 0) is 12.5 Å². The standard InChI is InChI=1S/C13H18ClN5/c1-10(2)13-17-11(14)9-12(18-13)15-5-3-7-19-8-4-6-16-19/h4,6,8-10H,3,5,7H2,1-2H3,(H,15,17,18). The lowest BCUT2D eigenvalue weighted by atomic mass is 10.2. The van der Waals surface area contributed by atoms with E-state index in [4.69, 9.17) is 11.6 Å². The number of hydrogen-bond donors (Lipinski definition) is 1. The predicted octanol–water partition coefficient (Wildman–Crippen LogP) is 2.95. The van der Waals surface area contributed by atoms with Gasteiger partial charge in [-0.25, -0.2) is 9.97 Å². The van der Waals surface area contributed by atoms with Crippen molar-refractivity contribution in [1.29, 1.82) is 0 Å². The molecule has 2 aromatic rings. The molecule has 0 amide bonds. The fraction of sp³-hybridized carbons (Fsp3) is 0.462. The molecule has 2 heterocycles. The highest BCUT2D eigenvalue weighted by Crippen LogP contribution is 2.16. The van der Waals surface area contributed by atoms with E-state index < -0.39 is 0 Å². The monoisotopic (exact) mass is 279 g/mol. The average molecular weight is 280 g/mol. The number of anilines is 1. The molecule has 0 aromatic carbocycles. The van der Waals surface area contributed by atoms with E-state index in [0.29, 0.717) is 5.15 Å². The van der Waals surface area contributed by atoms with Gasteiger partial charge in [-0.3, -0.25) is 4.68 Å². The maximum Gasteiger partial charge on any atom is 0.135 e. The van der Waals surface area contributed by atoms with Gasteiger partial charge in [0, 0.05) is 37.5 Å². The molecule has 0 unspecified atom stereocenters. The summed E-state index contributed by atoms with van der Waals surface area (Å²) in [6.07, 6.45) is 4.71. The molecule has 0 radical (unpaired) electrons. The fourth-order valence-corrected chi connectivity index (χ4v) is 1.86. The molecule has 0 bridgehead atoms. The molecular formula is C13H18ClN5. The average Bonchev–Trinajstić information content (AvgIpc) is 2.87. The molecule has 0 aliphatic carbocycles. The van der Waals surface area contributed by atoms with E-state index >= 15 is 0 Å². The van der Waals surface area contributed by atoms with Crippen molar-refractivity contribution in [2.45, 2.75) is 32.7 Å². The van der Waals surface area contributed by atoms with Gasteiger partial charge in [-0.2, -0.15) is 5.10 Å². The van der Waals surface area contributed by atoms with E-state index in [1.807, 2.05) is 30.8 Å². The molecule has 19 heavy (non-hydrogen) atoms. The Kier molecular flexibility index (Phi) is 4.74. The van der Waals surface area contributed by atoms with E-state index in [2.05, 4.69) is 20.4 Å². The van der Waals surface area contributed by atoms with Gasteiger partial charge in [0.25, 0.3) is 0 Å². The summed E-state index contributed by atoms with van der Waals surface area (Å²) in [5.41, 5.74) is 0. The van der Waals surface area contributed by atoms with Crippen molar-refractivity contribution in [2.24, 2.45) is 0 Å². The lowest BCUT2D eigenvalue weighted by Crippen LogP contribution is -2.09. The van der Waals surface area contributed by atoms with Crippen LogP contribution in [-0.2, 0) is 6.54 Å². The molecular weight excluding hydrogens is 262 g/mol. The van der Waals surface area contributed by atoms with Gasteiger partial charge in [0.1, 0.15) is 16.8 Å². The van der Waals surface area contributed by atoms with Crippen molar-refractivity contribution in [3.8, 4) is 0 Å². The SMILES string of the molecule is CC(C)c1nc(Cl)cc(NCCCn2cccn2)n1. The topological polar surface area (TPSA) is 55.6 Å². The Morgan fingerprint density at radius 1 is 1.37 bits per heavy atom. The van der Waals surface area contributed by atoms with Crippen LogP contribution in [0.15, 0.2) is 24.5 Å². The first kappa shape index (κ1) is 13.8. The first-order valence-electron chi connectivity index (χ1n) is 6.41. The molecule has 0 aliphatic heterocycles. The molecule has 102 valence electrons.